The average molecular weight is 349 g/mol. The van der Waals surface area contributed by atoms with Crippen LogP contribution in [0.3, 0.4) is 0 Å². The van der Waals surface area contributed by atoms with Crippen LogP contribution < -0.4 is 9.62 Å². The predicted molar refractivity (Wildman–Crippen MR) is 98.0 cm³/mol. The van der Waals surface area contributed by atoms with E-state index in [0.717, 1.165) is 23.9 Å². The zero-order valence-electron chi connectivity index (χ0n) is 14.5. The molecule has 1 aromatic rings. The van der Waals surface area contributed by atoms with Gasteiger partial charge in [0.15, 0.2) is 0 Å². The van der Waals surface area contributed by atoms with Gasteiger partial charge < -0.3 is 5.32 Å². The Kier molecular flexibility index (Phi) is 4.33. The Hall–Kier alpha value is -1.07. The van der Waals surface area contributed by atoms with Crippen LogP contribution in [-0.4, -0.2) is 34.3 Å². The van der Waals surface area contributed by atoms with Crippen molar-refractivity contribution >= 4 is 15.7 Å². The van der Waals surface area contributed by atoms with Crippen molar-refractivity contribution in [1.82, 2.24) is 5.32 Å². The van der Waals surface area contributed by atoms with Gasteiger partial charge in [-0.15, -0.1) is 0 Å². The number of hydrogen-bond acceptors (Lipinski definition) is 3. The molecular weight excluding hydrogens is 320 g/mol. The molecule has 1 saturated carbocycles. The van der Waals surface area contributed by atoms with Gasteiger partial charge in [0, 0.05) is 6.54 Å². The number of sulfonamides is 1. The molecule has 0 aromatic heterocycles. The van der Waals surface area contributed by atoms with Crippen molar-refractivity contribution in [2.75, 3.05) is 30.2 Å². The molecule has 3 aliphatic rings. The molecule has 0 bridgehead atoms. The van der Waals surface area contributed by atoms with Gasteiger partial charge >= 0.3 is 0 Å². The van der Waals surface area contributed by atoms with Gasteiger partial charge in [-0.1, -0.05) is 18.6 Å². The van der Waals surface area contributed by atoms with Crippen LogP contribution >= 0.6 is 0 Å². The summed E-state index contributed by atoms with van der Waals surface area (Å²) in [6.45, 7) is 2.99. The number of rotatable bonds is 5. The third-order valence-corrected chi connectivity index (χ3v) is 7.29. The van der Waals surface area contributed by atoms with E-state index in [1.54, 1.807) is 4.31 Å². The molecule has 5 heteroatoms. The number of anilines is 1. The maximum atomic E-state index is 11.8. The summed E-state index contributed by atoms with van der Waals surface area (Å²) >= 11 is 0. The summed E-state index contributed by atoms with van der Waals surface area (Å²) in [5.41, 5.74) is 3.54. The van der Waals surface area contributed by atoms with Gasteiger partial charge in [0.1, 0.15) is 0 Å². The Balaban J connectivity index is 1.37. The van der Waals surface area contributed by atoms with E-state index in [2.05, 4.69) is 17.4 Å². The molecule has 4 nitrogen and oxygen atoms in total. The molecule has 2 atom stereocenters. The molecule has 1 aromatic carbocycles. The van der Waals surface area contributed by atoms with Crippen LogP contribution in [0.5, 0.6) is 0 Å². The van der Waals surface area contributed by atoms with E-state index in [-0.39, 0.29) is 0 Å². The summed E-state index contributed by atoms with van der Waals surface area (Å²) in [5, 5.41) is 3.44. The highest BCUT2D eigenvalue weighted by Crippen LogP contribution is 2.51. The molecule has 2 aliphatic heterocycles. The topological polar surface area (TPSA) is 49.4 Å². The summed E-state index contributed by atoms with van der Waals surface area (Å²) in [7, 11) is -3.14. The molecule has 2 heterocycles. The maximum Gasteiger partial charge on any atom is 0.232 e. The molecule has 2 fully saturated rings. The van der Waals surface area contributed by atoms with Crippen LogP contribution in [0.25, 0.3) is 0 Å². The second kappa shape index (κ2) is 6.34. The number of hydrogen-bond donors (Lipinski definition) is 1. The lowest BCUT2D eigenvalue weighted by Crippen LogP contribution is -2.27. The van der Waals surface area contributed by atoms with Crippen LogP contribution in [0, 0.1) is 11.8 Å². The molecule has 1 N–H and O–H groups in total. The minimum atomic E-state index is -3.14. The molecule has 2 unspecified atom stereocenters. The molecule has 132 valence electrons. The highest BCUT2D eigenvalue weighted by molar-refractivity contribution is 7.92. The van der Waals surface area contributed by atoms with Gasteiger partial charge in [0.05, 0.1) is 11.9 Å². The van der Waals surface area contributed by atoms with E-state index in [1.807, 2.05) is 6.07 Å². The summed E-state index contributed by atoms with van der Waals surface area (Å²) in [5.74, 6) is 2.49. The first kappa shape index (κ1) is 16.4. The fourth-order valence-electron chi connectivity index (χ4n) is 4.56. The van der Waals surface area contributed by atoms with Crippen molar-refractivity contribution in [3.63, 3.8) is 0 Å². The maximum absolute atomic E-state index is 11.8. The van der Waals surface area contributed by atoms with E-state index < -0.39 is 10.0 Å². The fraction of sp³-hybridized carbons (Fsp3) is 0.684. The van der Waals surface area contributed by atoms with Crippen molar-refractivity contribution in [3.05, 3.63) is 29.3 Å². The third-order valence-electron chi connectivity index (χ3n) is 6.11. The van der Waals surface area contributed by atoms with Gasteiger partial charge in [-0.2, -0.15) is 0 Å². The summed E-state index contributed by atoms with van der Waals surface area (Å²) in [4.78, 5) is 0. The molecular formula is C19H28N2O2S. The zero-order chi connectivity index (χ0) is 16.7. The van der Waals surface area contributed by atoms with E-state index in [9.17, 15) is 8.42 Å². The summed E-state index contributed by atoms with van der Waals surface area (Å²) < 4.78 is 25.2. The van der Waals surface area contributed by atoms with E-state index in [4.69, 9.17) is 0 Å². The third kappa shape index (κ3) is 3.33. The standard InChI is InChI=1S/C19H28N2O2S/c1-24(22,23)21-11-8-17-12-15(4-5-19(17)21)18-13-16(18)3-2-14-6-9-20-10-7-14/h4-5,12,14,16,18,20H,2-3,6-11,13H2,1H3. The molecule has 0 spiro atoms. The zero-order valence-corrected chi connectivity index (χ0v) is 15.3. The number of nitrogens with zero attached hydrogens (tertiary/aromatic N) is 1. The van der Waals surface area contributed by atoms with Gasteiger partial charge in [-0.3, -0.25) is 4.31 Å². The predicted octanol–water partition coefficient (Wildman–Crippen LogP) is 2.89. The molecule has 1 saturated heterocycles. The molecule has 0 radical (unpaired) electrons. The van der Waals surface area contributed by atoms with Crippen LogP contribution in [0.2, 0.25) is 0 Å². The lowest BCUT2D eigenvalue weighted by molar-refractivity contribution is 0.340. The van der Waals surface area contributed by atoms with E-state index in [1.165, 1.54) is 62.6 Å². The lowest BCUT2D eigenvalue weighted by atomic mass is 9.91. The monoisotopic (exact) mass is 348 g/mol. The van der Waals surface area contributed by atoms with Crippen LogP contribution in [0.4, 0.5) is 5.69 Å². The Bertz CT molecular complexity index is 710. The minimum Gasteiger partial charge on any atom is -0.317 e. The highest BCUT2D eigenvalue weighted by Gasteiger charge is 2.39. The fourth-order valence-corrected chi connectivity index (χ4v) is 5.52. The van der Waals surface area contributed by atoms with Gasteiger partial charge in [-0.05, 0) is 80.1 Å². The molecule has 24 heavy (non-hydrogen) atoms. The number of benzene rings is 1. The van der Waals surface area contributed by atoms with Crippen molar-refractivity contribution < 1.29 is 8.42 Å². The summed E-state index contributed by atoms with van der Waals surface area (Å²) in [6, 6.07) is 6.47. The second-order valence-corrected chi connectivity index (χ2v) is 9.75. The van der Waals surface area contributed by atoms with Crippen LogP contribution in [0.1, 0.15) is 49.1 Å². The normalized spacial score (nSPS) is 27.3. The smallest absolute Gasteiger partial charge is 0.232 e. The number of piperidine rings is 1. The van der Waals surface area contributed by atoms with Crippen molar-refractivity contribution in [1.29, 1.82) is 0 Å². The Labute approximate surface area is 145 Å². The number of nitrogens with one attached hydrogen (secondary N) is 1. The Morgan fingerprint density at radius 3 is 2.75 bits per heavy atom. The minimum absolute atomic E-state index is 0.599. The first-order valence-corrected chi connectivity index (χ1v) is 11.2. The second-order valence-electron chi connectivity index (χ2n) is 7.85. The van der Waals surface area contributed by atoms with Crippen molar-refractivity contribution in [2.24, 2.45) is 11.8 Å². The van der Waals surface area contributed by atoms with E-state index in [0.29, 0.717) is 12.5 Å². The van der Waals surface area contributed by atoms with E-state index >= 15 is 0 Å². The first-order valence-electron chi connectivity index (χ1n) is 9.33. The largest absolute Gasteiger partial charge is 0.317 e. The van der Waals surface area contributed by atoms with Crippen LogP contribution in [0.15, 0.2) is 18.2 Å². The highest BCUT2D eigenvalue weighted by atomic mass is 32.2. The number of fused-ring (bicyclic) bond motifs is 1. The average Bonchev–Trinajstić information content (AvgIpc) is 3.21. The SMILES string of the molecule is CS(=O)(=O)N1CCc2cc(C3CC3CCC3CCNCC3)ccc21. The molecule has 4 rings (SSSR count). The lowest BCUT2D eigenvalue weighted by Gasteiger charge is -2.22. The Morgan fingerprint density at radius 2 is 2.00 bits per heavy atom. The van der Waals surface area contributed by atoms with Gasteiger partial charge in [0.25, 0.3) is 0 Å². The van der Waals surface area contributed by atoms with Crippen LogP contribution in [-0.2, 0) is 16.4 Å². The first-order chi connectivity index (χ1) is 11.5. The Morgan fingerprint density at radius 1 is 1.21 bits per heavy atom. The molecule has 0 amide bonds. The summed E-state index contributed by atoms with van der Waals surface area (Å²) in [6.07, 6.45) is 8.91. The van der Waals surface area contributed by atoms with Gasteiger partial charge in [-0.25, -0.2) is 8.42 Å². The van der Waals surface area contributed by atoms with Gasteiger partial charge in [0.2, 0.25) is 10.0 Å². The van der Waals surface area contributed by atoms with Crippen molar-refractivity contribution in [2.45, 2.75) is 44.4 Å². The molecule has 1 aliphatic carbocycles. The quantitative estimate of drug-likeness (QED) is 0.890. The van der Waals surface area contributed by atoms with Crippen molar-refractivity contribution in [3.8, 4) is 0 Å².